The second-order valence-corrected chi connectivity index (χ2v) is 6.75. The molecule has 0 saturated heterocycles. The van der Waals surface area contributed by atoms with Gasteiger partial charge < -0.3 is 15.4 Å². The van der Waals surface area contributed by atoms with Crippen molar-refractivity contribution in [2.24, 2.45) is 0 Å². The number of hydrogen-bond acceptors (Lipinski definition) is 4. The molecular formula is C22H25N3O3. The van der Waals surface area contributed by atoms with Crippen LogP contribution in [0.3, 0.4) is 0 Å². The van der Waals surface area contributed by atoms with Gasteiger partial charge in [-0.1, -0.05) is 44.2 Å². The van der Waals surface area contributed by atoms with Crippen LogP contribution in [-0.2, 0) is 16.1 Å². The van der Waals surface area contributed by atoms with Crippen LogP contribution in [0, 0.1) is 11.3 Å². The summed E-state index contributed by atoms with van der Waals surface area (Å²) in [5, 5.41) is 14.0. The average Bonchev–Trinajstić information content (AvgIpc) is 2.66. The van der Waals surface area contributed by atoms with E-state index in [9.17, 15) is 9.59 Å². The minimum atomic E-state index is -0.640. The fourth-order valence-corrected chi connectivity index (χ4v) is 2.68. The van der Waals surface area contributed by atoms with Gasteiger partial charge in [0, 0.05) is 12.2 Å². The zero-order valence-corrected chi connectivity index (χ0v) is 16.4. The molecule has 6 nitrogen and oxygen atoms in total. The highest BCUT2D eigenvalue weighted by Gasteiger charge is 2.17. The summed E-state index contributed by atoms with van der Waals surface area (Å²) in [7, 11) is 0. The van der Waals surface area contributed by atoms with Crippen LogP contribution in [0.5, 0.6) is 5.75 Å². The highest BCUT2D eigenvalue weighted by Crippen LogP contribution is 2.26. The summed E-state index contributed by atoms with van der Waals surface area (Å²) in [4.78, 5) is 23.9. The van der Waals surface area contributed by atoms with E-state index in [1.807, 2.05) is 30.3 Å². The Hall–Kier alpha value is -3.33. The smallest absolute Gasteiger partial charge is 0.261 e. The van der Waals surface area contributed by atoms with E-state index >= 15 is 0 Å². The number of amides is 2. The molecule has 2 amide bonds. The molecule has 0 heterocycles. The Balaban J connectivity index is 1.93. The van der Waals surface area contributed by atoms with Crippen molar-refractivity contribution in [1.29, 1.82) is 5.26 Å². The lowest BCUT2D eigenvalue weighted by Crippen LogP contribution is -2.36. The lowest BCUT2D eigenvalue weighted by Gasteiger charge is -2.18. The van der Waals surface area contributed by atoms with Gasteiger partial charge in [0.1, 0.15) is 12.2 Å². The Kier molecular flexibility index (Phi) is 7.58. The first-order valence-electron chi connectivity index (χ1n) is 9.19. The third-order valence-electron chi connectivity index (χ3n) is 4.13. The van der Waals surface area contributed by atoms with Crippen LogP contribution in [0.15, 0.2) is 48.5 Å². The number of para-hydroxylation sites is 1. The zero-order chi connectivity index (χ0) is 20.5. The van der Waals surface area contributed by atoms with E-state index in [0.29, 0.717) is 23.9 Å². The molecule has 0 fully saturated rings. The van der Waals surface area contributed by atoms with Crippen molar-refractivity contribution in [3.8, 4) is 11.8 Å². The molecule has 0 aromatic heterocycles. The quantitative estimate of drug-likeness (QED) is 0.731. The molecule has 0 radical (unpaired) electrons. The van der Waals surface area contributed by atoms with Crippen LogP contribution < -0.4 is 15.4 Å². The Morgan fingerprint density at radius 3 is 2.57 bits per heavy atom. The molecule has 0 aliphatic heterocycles. The van der Waals surface area contributed by atoms with Crippen molar-refractivity contribution in [1.82, 2.24) is 5.32 Å². The number of nitriles is 1. The monoisotopic (exact) mass is 379 g/mol. The van der Waals surface area contributed by atoms with Gasteiger partial charge in [-0.05, 0) is 42.2 Å². The fourth-order valence-electron chi connectivity index (χ4n) is 2.68. The molecule has 28 heavy (non-hydrogen) atoms. The normalized spacial score (nSPS) is 11.4. The zero-order valence-electron chi connectivity index (χ0n) is 16.4. The first kappa shape index (κ1) is 21.0. The van der Waals surface area contributed by atoms with Crippen LogP contribution in [0.25, 0.3) is 0 Å². The number of nitrogens with zero attached hydrogens (tertiary/aromatic N) is 1. The maximum absolute atomic E-state index is 12.4. The van der Waals surface area contributed by atoms with Crippen LogP contribution >= 0.6 is 0 Å². The molecule has 0 spiro atoms. The van der Waals surface area contributed by atoms with E-state index in [1.54, 1.807) is 31.2 Å². The van der Waals surface area contributed by atoms with Crippen molar-refractivity contribution in [3.05, 3.63) is 59.7 Å². The predicted octanol–water partition coefficient (Wildman–Crippen LogP) is 3.75. The van der Waals surface area contributed by atoms with Gasteiger partial charge in [-0.25, -0.2) is 0 Å². The Morgan fingerprint density at radius 2 is 1.86 bits per heavy atom. The maximum Gasteiger partial charge on any atom is 0.261 e. The first-order chi connectivity index (χ1) is 13.4. The Bertz CT molecular complexity index is 871. The van der Waals surface area contributed by atoms with Gasteiger partial charge >= 0.3 is 0 Å². The Morgan fingerprint density at radius 1 is 1.11 bits per heavy atom. The summed E-state index contributed by atoms with van der Waals surface area (Å²) < 4.78 is 5.86. The molecule has 1 atom stereocenters. The maximum atomic E-state index is 12.4. The molecule has 6 heteroatoms. The molecular weight excluding hydrogens is 354 g/mol. The van der Waals surface area contributed by atoms with Gasteiger partial charge in [0.05, 0.1) is 6.07 Å². The van der Waals surface area contributed by atoms with Crippen molar-refractivity contribution < 1.29 is 14.3 Å². The van der Waals surface area contributed by atoms with Gasteiger partial charge in [-0.3, -0.25) is 9.59 Å². The molecule has 1 unspecified atom stereocenters. The molecule has 2 aromatic carbocycles. The minimum absolute atomic E-state index is 0.201. The standard InChI is InChI=1S/C22H25N3O3/c1-15(2)19-9-4-5-10-20(19)28-16(3)22(27)24-14-17-7-6-8-18(13-17)25-21(26)11-12-23/h4-10,13,15-16H,11,14H2,1-3H3,(H,24,27)(H,25,26). The van der Waals surface area contributed by atoms with Crippen molar-refractivity contribution in [2.45, 2.75) is 45.8 Å². The van der Waals surface area contributed by atoms with E-state index < -0.39 is 6.10 Å². The molecule has 0 aliphatic carbocycles. The number of carbonyl (C=O) groups is 2. The average molecular weight is 379 g/mol. The summed E-state index contributed by atoms with van der Waals surface area (Å²) in [6.45, 7) is 6.18. The van der Waals surface area contributed by atoms with E-state index in [1.165, 1.54) is 0 Å². The molecule has 2 aromatic rings. The highest BCUT2D eigenvalue weighted by molar-refractivity contribution is 5.92. The lowest BCUT2D eigenvalue weighted by molar-refractivity contribution is -0.127. The summed E-state index contributed by atoms with van der Waals surface area (Å²) >= 11 is 0. The number of hydrogen-bond donors (Lipinski definition) is 2. The van der Waals surface area contributed by atoms with Crippen LogP contribution in [0.1, 0.15) is 44.2 Å². The van der Waals surface area contributed by atoms with Crippen LogP contribution in [-0.4, -0.2) is 17.9 Å². The number of benzene rings is 2. The van der Waals surface area contributed by atoms with Crippen molar-refractivity contribution in [2.75, 3.05) is 5.32 Å². The summed E-state index contributed by atoms with van der Waals surface area (Å²) in [6.07, 6.45) is -0.841. The first-order valence-corrected chi connectivity index (χ1v) is 9.19. The molecule has 2 N–H and O–H groups in total. The summed E-state index contributed by atoms with van der Waals surface area (Å²) in [6, 6.07) is 16.6. The number of nitrogens with one attached hydrogen (secondary N) is 2. The van der Waals surface area contributed by atoms with Crippen molar-refractivity contribution in [3.63, 3.8) is 0 Å². The van der Waals surface area contributed by atoms with E-state index in [4.69, 9.17) is 10.00 Å². The minimum Gasteiger partial charge on any atom is -0.481 e. The van der Waals surface area contributed by atoms with E-state index in [0.717, 1.165) is 11.1 Å². The molecule has 2 rings (SSSR count). The summed E-state index contributed by atoms with van der Waals surface area (Å²) in [5.41, 5.74) is 2.48. The topological polar surface area (TPSA) is 91.2 Å². The molecule has 0 saturated carbocycles. The second kappa shape index (κ2) is 10.1. The third kappa shape index (κ3) is 6.13. The molecule has 0 aliphatic rings. The number of ether oxygens (including phenoxy) is 1. The lowest BCUT2D eigenvalue weighted by atomic mass is 10.0. The largest absolute Gasteiger partial charge is 0.481 e. The van der Waals surface area contributed by atoms with Crippen LogP contribution in [0.4, 0.5) is 5.69 Å². The van der Waals surface area contributed by atoms with Gasteiger partial charge in [0.15, 0.2) is 6.10 Å². The third-order valence-corrected chi connectivity index (χ3v) is 4.13. The van der Waals surface area contributed by atoms with Crippen LogP contribution in [0.2, 0.25) is 0 Å². The SMILES string of the molecule is CC(Oc1ccccc1C(C)C)C(=O)NCc1cccc(NC(=O)CC#N)c1. The fraction of sp³-hybridized carbons (Fsp3) is 0.318. The Labute approximate surface area is 165 Å². The number of rotatable bonds is 8. The highest BCUT2D eigenvalue weighted by atomic mass is 16.5. The van der Waals surface area contributed by atoms with E-state index in [-0.39, 0.29) is 18.2 Å². The number of anilines is 1. The van der Waals surface area contributed by atoms with Gasteiger partial charge in [-0.2, -0.15) is 5.26 Å². The second-order valence-electron chi connectivity index (χ2n) is 6.75. The van der Waals surface area contributed by atoms with E-state index in [2.05, 4.69) is 24.5 Å². The predicted molar refractivity (Wildman–Crippen MR) is 108 cm³/mol. The van der Waals surface area contributed by atoms with Crippen molar-refractivity contribution >= 4 is 17.5 Å². The molecule has 146 valence electrons. The molecule has 0 bridgehead atoms. The van der Waals surface area contributed by atoms with Gasteiger partial charge in [0.2, 0.25) is 5.91 Å². The van der Waals surface area contributed by atoms with Gasteiger partial charge in [-0.15, -0.1) is 0 Å². The van der Waals surface area contributed by atoms with Gasteiger partial charge in [0.25, 0.3) is 5.91 Å². The number of carbonyl (C=O) groups excluding carboxylic acids is 2. The summed E-state index contributed by atoms with van der Waals surface area (Å²) in [5.74, 6) is 0.416.